The molecule has 1 atom stereocenters. The summed E-state index contributed by atoms with van der Waals surface area (Å²) in [6.45, 7) is 4.09. The molecule has 19 heavy (non-hydrogen) atoms. The van der Waals surface area contributed by atoms with E-state index in [0.29, 0.717) is 24.6 Å². The lowest BCUT2D eigenvalue weighted by molar-refractivity contribution is -0.133. The number of amides is 2. The Morgan fingerprint density at radius 1 is 1.47 bits per heavy atom. The van der Waals surface area contributed by atoms with Crippen molar-refractivity contribution in [3.63, 3.8) is 0 Å². The first-order valence-electron chi connectivity index (χ1n) is 6.20. The first-order chi connectivity index (χ1) is 9.05. The SMILES string of the molecule is CCC1C(=O)NC(=O)CN1c1nc(C)cc(CN)n1. The zero-order chi connectivity index (χ0) is 14.0. The molecule has 2 amide bonds. The summed E-state index contributed by atoms with van der Waals surface area (Å²) in [5.74, 6) is -0.261. The molecule has 0 spiro atoms. The molecule has 0 bridgehead atoms. The van der Waals surface area contributed by atoms with E-state index in [1.165, 1.54) is 0 Å². The summed E-state index contributed by atoms with van der Waals surface area (Å²) < 4.78 is 0. The maximum Gasteiger partial charge on any atom is 0.249 e. The average Bonchev–Trinajstić information content (AvgIpc) is 2.37. The Labute approximate surface area is 111 Å². The third-order valence-electron chi connectivity index (χ3n) is 3.00. The molecule has 1 aromatic heterocycles. The molecular formula is C12H17N5O2. The number of piperazine rings is 1. The summed E-state index contributed by atoms with van der Waals surface area (Å²) in [7, 11) is 0. The Kier molecular flexibility index (Phi) is 3.75. The van der Waals surface area contributed by atoms with Gasteiger partial charge in [-0.15, -0.1) is 0 Å². The molecule has 7 nitrogen and oxygen atoms in total. The van der Waals surface area contributed by atoms with E-state index >= 15 is 0 Å². The van der Waals surface area contributed by atoms with E-state index in [0.717, 1.165) is 5.69 Å². The minimum Gasteiger partial charge on any atom is -0.325 e. The minimum atomic E-state index is -0.426. The number of rotatable bonds is 3. The lowest BCUT2D eigenvalue weighted by Crippen LogP contribution is -2.58. The van der Waals surface area contributed by atoms with Crippen molar-refractivity contribution >= 4 is 17.8 Å². The van der Waals surface area contributed by atoms with Crippen LogP contribution in [0.5, 0.6) is 0 Å². The Morgan fingerprint density at radius 3 is 2.84 bits per heavy atom. The van der Waals surface area contributed by atoms with Crippen LogP contribution in [-0.2, 0) is 16.1 Å². The summed E-state index contributed by atoms with van der Waals surface area (Å²) in [5.41, 5.74) is 7.04. The molecule has 0 aromatic carbocycles. The number of nitrogens with zero attached hydrogens (tertiary/aromatic N) is 3. The number of nitrogens with two attached hydrogens (primary N) is 1. The van der Waals surface area contributed by atoms with Gasteiger partial charge in [-0.05, 0) is 19.4 Å². The van der Waals surface area contributed by atoms with Crippen LogP contribution >= 0.6 is 0 Å². The third-order valence-corrected chi connectivity index (χ3v) is 3.00. The van der Waals surface area contributed by atoms with Gasteiger partial charge in [-0.3, -0.25) is 14.9 Å². The fourth-order valence-corrected chi connectivity index (χ4v) is 2.13. The van der Waals surface area contributed by atoms with Gasteiger partial charge in [0.25, 0.3) is 0 Å². The molecule has 1 fully saturated rings. The highest BCUT2D eigenvalue weighted by molar-refractivity contribution is 6.04. The molecule has 1 saturated heterocycles. The summed E-state index contributed by atoms with van der Waals surface area (Å²) in [6.07, 6.45) is 0.578. The van der Waals surface area contributed by atoms with Gasteiger partial charge in [-0.25, -0.2) is 9.97 Å². The standard InChI is InChI=1S/C12H17N5O2/c1-3-9-11(19)16-10(18)6-17(9)12-14-7(2)4-8(5-13)15-12/h4,9H,3,5-6,13H2,1-2H3,(H,16,18,19). The van der Waals surface area contributed by atoms with Crippen LogP contribution in [0.4, 0.5) is 5.95 Å². The summed E-state index contributed by atoms with van der Waals surface area (Å²) >= 11 is 0. The first-order valence-corrected chi connectivity index (χ1v) is 6.20. The Balaban J connectivity index is 2.39. The zero-order valence-electron chi connectivity index (χ0n) is 11.0. The number of hydrogen-bond acceptors (Lipinski definition) is 6. The molecule has 1 aliphatic rings. The van der Waals surface area contributed by atoms with Crippen molar-refractivity contribution in [2.75, 3.05) is 11.4 Å². The summed E-state index contributed by atoms with van der Waals surface area (Å²) in [6, 6.07) is 1.36. The van der Waals surface area contributed by atoms with Crippen LogP contribution in [0.25, 0.3) is 0 Å². The number of imide groups is 1. The van der Waals surface area contributed by atoms with Crippen LogP contribution in [0.15, 0.2) is 6.07 Å². The quantitative estimate of drug-likeness (QED) is 0.712. The fraction of sp³-hybridized carbons (Fsp3) is 0.500. The first kappa shape index (κ1) is 13.4. The van der Waals surface area contributed by atoms with Crippen molar-refractivity contribution < 1.29 is 9.59 Å². The number of hydrogen-bond donors (Lipinski definition) is 2. The summed E-state index contributed by atoms with van der Waals surface area (Å²) in [4.78, 5) is 33.5. The Morgan fingerprint density at radius 2 is 2.21 bits per heavy atom. The van der Waals surface area contributed by atoms with Crippen LogP contribution in [0, 0.1) is 6.92 Å². The second-order valence-electron chi connectivity index (χ2n) is 4.47. The maximum atomic E-state index is 11.8. The molecular weight excluding hydrogens is 246 g/mol. The van der Waals surface area contributed by atoms with Crippen LogP contribution in [0.1, 0.15) is 24.7 Å². The average molecular weight is 263 g/mol. The van der Waals surface area contributed by atoms with Gasteiger partial charge in [0.15, 0.2) is 0 Å². The van der Waals surface area contributed by atoms with Crippen LogP contribution in [-0.4, -0.2) is 34.4 Å². The number of carbonyl (C=O) groups is 2. The highest BCUT2D eigenvalue weighted by Gasteiger charge is 2.34. The fourth-order valence-electron chi connectivity index (χ4n) is 2.13. The van der Waals surface area contributed by atoms with Crippen molar-refractivity contribution in [2.24, 2.45) is 5.73 Å². The molecule has 0 radical (unpaired) electrons. The highest BCUT2D eigenvalue weighted by atomic mass is 16.2. The number of carbonyl (C=O) groups excluding carboxylic acids is 2. The van der Waals surface area contributed by atoms with Gasteiger partial charge in [0.1, 0.15) is 12.6 Å². The van der Waals surface area contributed by atoms with Gasteiger partial charge in [-0.2, -0.15) is 0 Å². The van der Waals surface area contributed by atoms with Crippen LogP contribution in [0.3, 0.4) is 0 Å². The highest BCUT2D eigenvalue weighted by Crippen LogP contribution is 2.17. The lowest BCUT2D eigenvalue weighted by Gasteiger charge is -2.33. The predicted molar refractivity (Wildman–Crippen MR) is 69.2 cm³/mol. The molecule has 2 heterocycles. The molecule has 0 saturated carbocycles. The van der Waals surface area contributed by atoms with Crippen molar-refractivity contribution in [1.82, 2.24) is 15.3 Å². The van der Waals surface area contributed by atoms with E-state index in [1.54, 1.807) is 11.0 Å². The number of anilines is 1. The second kappa shape index (κ2) is 5.31. The molecule has 1 aliphatic heterocycles. The van der Waals surface area contributed by atoms with Crippen LogP contribution in [0.2, 0.25) is 0 Å². The molecule has 3 N–H and O–H groups in total. The third kappa shape index (κ3) is 2.70. The summed E-state index contributed by atoms with van der Waals surface area (Å²) in [5, 5.41) is 2.32. The Hall–Kier alpha value is -2.02. The van der Waals surface area contributed by atoms with Crippen molar-refractivity contribution in [1.29, 1.82) is 0 Å². The molecule has 2 rings (SSSR count). The van der Waals surface area contributed by atoms with Gasteiger partial charge in [0.2, 0.25) is 17.8 Å². The van der Waals surface area contributed by atoms with E-state index in [1.807, 2.05) is 13.8 Å². The van der Waals surface area contributed by atoms with Gasteiger partial charge in [0.05, 0.1) is 5.69 Å². The monoisotopic (exact) mass is 263 g/mol. The van der Waals surface area contributed by atoms with Gasteiger partial charge in [-0.1, -0.05) is 6.92 Å². The molecule has 0 aliphatic carbocycles. The van der Waals surface area contributed by atoms with Gasteiger partial charge < -0.3 is 10.6 Å². The number of aromatic nitrogens is 2. The number of aryl methyl sites for hydroxylation is 1. The molecule has 102 valence electrons. The van der Waals surface area contributed by atoms with Gasteiger partial charge >= 0.3 is 0 Å². The Bertz CT molecular complexity index is 517. The zero-order valence-corrected chi connectivity index (χ0v) is 11.0. The van der Waals surface area contributed by atoms with Crippen molar-refractivity contribution in [3.8, 4) is 0 Å². The van der Waals surface area contributed by atoms with E-state index in [4.69, 9.17) is 5.73 Å². The topological polar surface area (TPSA) is 101 Å². The van der Waals surface area contributed by atoms with E-state index in [2.05, 4.69) is 15.3 Å². The van der Waals surface area contributed by atoms with Gasteiger partial charge in [0, 0.05) is 12.2 Å². The molecule has 7 heteroatoms. The largest absolute Gasteiger partial charge is 0.325 e. The van der Waals surface area contributed by atoms with E-state index in [-0.39, 0.29) is 18.4 Å². The van der Waals surface area contributed by atoms with Crippen molar-refractivity contribution in [2.45, 2.75) is 32.9 Å². The van der Waals surface area contributed by atoms with E-state index < -0.39 is 6.04 Å². The minimum absolute atomic E-state index is 0.0811. The van der Waals surface area contributed by atoms with Crippen LogP contribution < -0.4 is 16.0 Å². The number of nitrogens with one attached hydrogen (secondary N) is 1. The normalized spacial score (nSPS) is 19.5. The lowest BCUT2D eigenvalue weighted by atomic mass is 10.1. The second-order valence-corrected chi connectivity index (χ2v) is 4.47. The molecule has 1 aromatic rings. The van der Waals surface area contributed by atoms with Crippen molar-refractivity contribution in [3.05, 3.63) is 17.5 Å². The smallest absolute Gasteiger partial charge is 0.249 e. The predicted octanol–water partition coefficient (Wildman–Crippen LogP) is -0.515. The molecule has 1 unspecified atom stereocenters. The van der Waals surface area contributed by atoms with E-state index in [9.17, 15) is 9.59 Å². The maximum absolute atomic E-state index is 11.8.